The summed E-state index contributed by atoms with van der Waals surface area (Å²) in [6.07, 6.45) is 0. The average molecular weight is 386 g/mol. The molecule has 4 rings (SSSR count). The Morgan fingerprint density at radius 2 is 1.96 bits per heavy atom. The van der Waals surface area contributed by atoms with Crippen molar-refractivity contribution in [3.63, 3.8) is 0 Å². The largest absolute Gasteiger partial charge is 0.302 e. The lowest BCUT2D eigenvalue weighted by atomic mass is 10.1. The van der Waals surface area contributed by atoms with E-state index >= 15 is 0 Å². The highest BCUT2D eigenvalue weighted by molar-refractivity contribution is 7.98. The Balaban J connectivity index is 1.48. The van der Waals surface area contributed by atoms with Crippen LogP contribution in [-0.4, -0.2) is 24.4 Å². The molecule has 0 unspecified atom stereocenters. The van der Waals surface area contributed by atoms with E-state index in [1.165, 1.54) is 17.1 Å². The number of thioether (sulfide) groups is 1. The minimum absolute atomic E-state index is 0.859. The molecule has 4 aromatic rings. The fraction of sp³-hybridized carbons (Fsp3) is 0.176. The first-order valence-corrected chi connectivity index (χ1v) is 10.5. The van der Waals surface area contributed by atoms with E-state index in [1.807, 2.05) is 11.4 Å². The van der Waals surface area contributed by atoms with Gasteiger partial charge in [0.25, 0.3) is 0 Å². The van der Waals surface area contributed by atoms with E-state index in [0.717, 1.165) is 39.4 Å². The molecule has 25 heavy (non-hydrogen) atoms. The summed E-state index contributed by atoms with van der Waals surface area (Å²) in [4.78, 5) is 1.16. The Bertz CT molecular complexity index is 928. The van der Waals surface area contributed by atoms with Crippen molar-refractivity contribution in [2.45, 2.75) is 24.4 Å². The van der Waals surface area contributed by atoms with Crippen LogP contribution in [-0.2, 0) is 12.3 Å². The van der Waals surface area contributed by atoms with E-state index in [1.54, 1.807) is 23.1 Å². The highest BCUT2D eigenvalue weighted by atomic mass is 32.2. The zero-order chi connectivity index (χ0) is 17.1. The van der Waals surface area contributed by atoms with E-state index in [2.05, 4.69) is 67.0 Å². The number of rotatable bonds is 6. The van der Waals surface area contributed by atoms with Crippen LogP contribution in [0.15, 0.2) is 52.3 Å². The second-order valence-electron chi connectivity index (χ2n) is 5.30. The lowest BCUT2D eigenvalue weighted by Crippen LogP contribution is -1.99. The number of hydrogen-bond donors (Lipinski definition) is 0. The zero-order valence-corrected chi connectivity index (χ0v) is 15.9. The molecule has 0 aliphatic rings. The van der Waals surface area contributed by atoms with Gasteiger partial charge in [-0.3, -0.25) is 0 Å². The van der Waals surface area contributed by atoms with Gasteiger partial charge in [-0.1, -0.05) is 46.6 Å². The van der Waals surface area contributed by atoms with Gasteiger partial charge in [0.15, 0.2) is 11.0 Å². The van der Waals surface area contributed by atoms with Gasteiger partial charge in [-0.05, 0) is 35.5 Å². The Kier molecular flexibility index (Phi) is 4.91. The maximum Gasteiger partial charge on any atom is 0.191 e. The van der Waals surface area contributed by atoms with Crippen molar-refractivity contribution in [1.29, 1.82) is 0 Å². The zero-order valence-electron chi connectivity index (χ0n) is 13.5. The predicted octanol–water partition coefficient (Wildman–Crippen LogP) is 4.84. The Labute approximate surface area is 157 Å². The monoisotopic (exact) mass is 385 g/mol. The number of aromatic nitrogens is 5. The summed E-state index contributed by atoms with van der Waals surface area (Å²) in [7, 11) is 0. The summed E-state index contributed by atoms with van der Waals surface area (Å²) in [5.74, 6) is 1.81. The van der Waals surface area contributed by atoms with Gasteiger partial charge >= 0.3 is 0 Å². The molecule has 0 spiro atoms. The molecule has 0 saturated heterocycles. The standard InChI is InChI=1S/C17H15N5S3/c1-2-22-16(15-4-3-9-23-15)19-20-17(22)24-10-12-5-7-13(8-6-12)14-11-25-21-18-14/h3-9,11H,2,10H2,1H3. The maximum absolute atomic E-state index is 4.38. The predicted molar refractivity (Wildman–Crippen MR) is 104 cm³/mol. The van der Waals surface area contributed by atoms with Gasteiger partial charge in [-0.15, -0.1) is 26.6 Å². The van der Waals surface area contributed by atoms with E-state index < -0.39 is 0 Å². The normalized spacial score (nSPS) is 11.1. The van der Waals surface area contributed by atoms with Crippen LogP contribution in [0.2, 0.25) is 0 Å². The first-order chi connectivity index (χ1) is 12.3. The fourth-order valence-corrected chi connectivity index (χ4v) is 4.62. The van der Waals surface area contributed by atoms with Crippen molar-refractivity contribution in [1.82, 2.24) is 24.4 Å². The van der Waals surface area contributed by atoms with E-state index in [0.29, 0.717) is 0 Å². The van der Waals surface area contributed by atoms with Crippen LogP contribution in [0.4, 0.5) is 0 Å². The van der Waals surface area contributed by atoms with Crippen LogP contribution in [0, 0.1) is 0 Å². The maximum atomic E-state index is 4.38. The van der Waals surface area contributed by atoms with Crippen LogP contribution in [0.25, 0.3) is 22.0 Å². The van der Waals surface area contributed by atoms with Crippen molar-refractivity contribution in [3.05, 3.63) is 52.7 Å². The lowest BCUT2D eigenvalue weighted by molar-refractivity contribution is 0.688. The molecule has 0 bridgehead atoms. The highest BCUT2D eigenvalue weighted by Gasteiger charge is 2.13. The third-order valence-corrected chi connectivity index (χ3v) is 6.16. The van der Waals surface area contributed by atoms with E-state index in [9.17, 15) is 0 Å². The summed E-state index contributed by atoms with van der Waals surface area (Å²) >= 11 is 4.77. The van der Waals surface area contributed by atoms with Crippen LogP contribution < -0.4 is 0 Å². The smallest absolute Gasteiger partial charge is 0.191 e. The van der Waals surface area contributed by atoms with Crippen molar-refractivity contribution in [2.24, 2.45) is 0 Å². The molecule has 3 aromatic heterocycles. The summed E-state index contributed by atoms with van der Waals surface area (Å²) < 4.78 is 6.08. The molecular weight excluding hydrogens is 370 g/mol. The number of thiophene rings is 1. The molecule has 0 N–H and O–H groups in total. The van der Waals surface area contributed by atoms with Gasteiger partial charge < -0.3 is 4.57 Å². The van der Waals surface area contributed by atoms with Crippen molar-refractivity contribution >= 4 is 34.6 Å². The molecule has 3 heterocycles. The van der Waals surface area contributed by atoms with Gasteiger partial charge in [0, 0.05) is 23.2 Å². The SMILES string of the molecule is CCn1c(SCc2ccc(-c3csnn3)cc2)nnc1-c1cccs1. The quantitative estimate of drug-likeness (QED) is 0.445. The van der Waals surface area contributed by atoms with Crippen molar-refractivity contribution in [3.8, 4) is 22.0 Å². The van der Waals surface area contributed by atoms with Gasteiger partial charge in [-0.25, -0.2) is 0 Å². The first kappa shape index (κ1) is 16.4. The average Bonchev–Trinajstić information content (AvgIpc) is 3.41. The summed E-state index contributed by atoms with van der Waals surface area (Å²) in [5.41, 5.74) is 3.27. The minimum atomic E-state index is 0.859. The number of hydrogen-bond acceptors (Lipinski definition) is 7. The fourth-order valence-electron chi connectivity index (χ4n) is 2.48. The van der Waals surface area contributed by atoms with Crippen LogP contribution in [0.1, 0.15) is 12.5 Å². The molecule has 126 valence electrons. The molecule has 8 heteroatoms. The molecule has 0 atom stereocenters. The number of benzene rings is 1. The molecular formula is C17H15N5S3. The van der Waals surface area contributed by atoms with Crippen LogP contribution in [0.5, 0.6) is 0 Å². The lowest BCUT2D eigenvalue weighted by Gasteiger charge is -2.06. The minimum Gasteiger partial charge on any atom is -0.302 e. The molecule has 0 aliphatic heterocycles. The van der Waals surface area contributed by atoms with Crippen LogP contribution >= 0.6 is 34.6 Å². The summed E-state index contributed by atoms with van der Waals surface area (Å²) in [6.45, 7) is 2.99. The van der Waals surface area contributed by atoms with Gasteiger partial charge in [-0.2, -0.15) is 0 Å². The Morgan fingerprint density at radius 1 is 1.08 bits per heavy atom. The van der Waals surface area contributed by atoms with Gasteiger partial charge in [0.05, 0.1) is 4.88 Å². The summed E-state index contributed by atoms with van der Waals surface area (Å²) in [5, 5.41) is 17.8. The third-order valence-electron chi connectivity index (χ3n) is 3.75. The molecule has 0 radical (unpaired) electrons. The van der Waals surface area contributed by atoms with E-state index in [-0.39, 0.29) is 0 Å². The highest BCUT2D eigenvalue weighted by Crippen LogP contribution is 2.29. The van der Waals surface area contributed by atoms with Gasteiger partial charge in [0.2, 0.25) is 0 Å². The third kappa shape index (κ3) is 3.51. The Hall–Kier alpha value is -2.03. The molecule has 0 aliphatic carbocycles. The topological polar surface area (TPSA) is 56.5 Å². The molecule has 0 saturated carbocycles. The molecule has 0 fully saturated rings. The molecule has 1 aromatic carbocycles. The molecule has 0 amide bonds. The second kappa shape index (κ2) is 7.47. The Morgan fingerprint density at radius 3 is 2.64 bits per heavy atom. The second-order valence-corrected chi connectivity index (χ2v) is 7.80. The first-order valence-electron chi connectivity index (χ1n) is 7.81. The summed E-state index contributed by atoms with van der Waals surface area (Å²) in [6, 6.07) is 12.6. The van der Waals surface area contributed by atoms with Crippen molar-refractivity contribution < 1.29 is 0 Å². The van der Waals surface area contributed by atoms with Gasteiger partial charge in [0.1, 0.15) is 5.69 Å². The molecule has 5 nitrogen and oxygen atoms in total. The number of nitrogens with zero attached hydrogens (tertiary/aromatic N) is 5. The van der Waals surface area contributed by atoms with E-state index in [4.69, 9.17) is 0 Å². The van der Waals surface area contributed by atoms with Crippen molar-refractivity contribution in [2.75, 3.05) is 0 Å². The van der Waals surface area contributed by atoms with Crippen LogP contribution in [0.3, 0.4) is 0 Å².